The Morgan fingerprint density at radius 2 is 1.98 bits per heavy atom. The minimum atomic E-state index is -4.26. The second kappa shape index (κ2) is 11.4. The first kappa shape index (κ1) is 29.3. The van der Waals surface area contributed by atoms with Gasteiger partial charge in [-0.2, -0.15) is 13.1 Å². The minimum absolute atomic E-state index is 0.0263. The Labute approximate surface area is 248 Å². The summed E-state index contributed by atoms with van der Waals surface area (Å²) < 4.78 is 61.3. The van der Waals surface area contributed by atoms with Crippen molar-refractivity contribution in [3.05, 3.63) is 41.6 Å². The first-order chi connectivity index (χ1) is 20.5. The Hall–Kier alpha value is -3.78. The molecule has 230 valence electrons. The zero-order chi connectivity index (χ0) is 30.5. The molecule has 4 aromatic rings. The van der Waals surface area contributed by atoms with Crippen molar-refractivity contribution in [3.63, 3.8) is 0 Å². The fourth-order valence-electron chi connectivity index (χ4n) is 5.81. The van der Waals surface area contributed by atoms with Gasteiger partial charge in [0.25, 0.3) is 5.91 Å². The lowest BCUT2D eigenvalue weighted by molar-refractivity contribution is 0.0947. The Morgan fingerprint density at radius 3 is 2.63 bits per heavy atom. The Bertz CT molecular complexity index is 1790. The van der Waals surface area contributed by atoms with Gasteiger partial charge in [-0.3, -0.25) is 9.20 Å². The Balaban J connectivity index is 1.42. The van der Waals surface area contributed by atoms with E-state index in [4.69, 9.17) is 9.72 Å². The molecular formula is C29H35F2N7O4S. The zero-order valence-electron chi connectivity index (χ0n) is 24.3. The number of aromatic nitrogens is 4. The standard InChI is InChI=1S/C29H35F2N7O4S/c1-17-26(34-24-13-20(14-25(42-2)37(17)24)28(39)33-15-21-6-4-5-11-32-21)22-12-19-9-10-23(38(29(30)31)43(3,40)41)35-27(19)36(22)16-18-7-8-18/h9-10,12-14,18,21,29,32H,4-8,11,15-16H2,1-3H3,(H,33,39)/t21-/m1/s1. The van der Waals surface area contributed by atoms with Crippen molar-refractivity contribution in [2.45, 2.75) is 58.2 Å². The van der Waals surface area contributed by atoms with Gasteiger partial charge in [0.15, 0.2) is 5.88 Å². The molecule has 2 N–H and O–H groups in total. The molecule has 0 unspecified atom stereocenters. The van der Waals surface area contributed by atoms with Crippen molar-refractivity contribution in [2.24, 2.45) is 5.92 Å². The molecule has 1 aliphatic heterocycles. The molecule has 43 heavy (non-hydrogen) atoms. The predicted octanol–water partition coefficient (Wildman–Crippen LogP) is 3.94. The van der Waals surface area contributed by atoms with Crippen LogP contribution in [0, 0.1) is 12.8 Å². The number of nitrogens with zero attached hydrogens (tertiary/aromatic N) is 5. The molecule has 1 saturated carbocycles. The van der Waals surface area contributed by atoms with Gasteiger partial charge in [-0.15, -0.1) is 0 Å². The molecule has 2 fully saturated rings. The summed E-state index contributed by atoms with van der Waals surface area (Å²) in [6.07, 6.45) is 6.08. The van der Waals surface area contributed by atoms with Gasteiger partial charge in [-0.1, -0.05) is 6.42 Å². The van der Waals surface area contributed by atoms with Crippen LogP contribution in [-0.4, -0.2) is 72.3 Å². The van der Waals surface area contributed by atoms with Gasteiger partial charge < -0.3 is 19.9 Å². The van der Waals surface area contributed by atoms with Gasteiger partial charge in [0.1, 0.15) is 22.8 Å². The fraction of sp³-hybridized carbons (Fsp3) is 0.483. The van der Waals surface area contributed by atoms with E-state index in [1.165, 1.54) is 13.2 Å². The monoisotopic (exact) mass is 615 g/mol. The lowest BCUT2D eigenvalue weighted by atomic mass is 10.1. The van der Waals surface area contributed by atoms with Gasteiger partial charge in [0, 0.05) is 36.1 Å². The van der Waals surface area contributed by atoms with E-state index in [-0.39, 0.29) is 22.1 Å². The number of imidazole rings is 1. The van der Waals surface area contributed by atoms with Crippen LogP contribution in [0.3, 0.4) is 0 Å². The van der Waals surface area contributed by atoms with E-state index in [9.17, 15) is 22.0 Å². The maximum absolute atomic E-state index is 13.8. The van der Waals surface area contributed by atoms with Crippen LogP contribution in [0.4, 0.5) is 14.6 Å². The van der Waals surface area contributed by atoms with Gasteiger partial charge in [-0.25, -0.2) is 18.4 Å². The molecule has 0 spiro atoms. The average Bonchev–Trinajstić information content (AvgIpc) is 3.64. The number of sulfonamides is 1. The summed E-state index contributed by atoms with van der Waals surface area (Å²) in [5.74, 6) is 0.269. The highest BCUT2D eigenvalue weighted by Gasteiger charge is 2.30. The Kier molecular flexibility index (Phi) is 7.75. The summed E-state index contributed by atoms with van der Waals surface area (Å²) in [5.41, 5.74) is 3.44. The number of fused-ring (bicyclic) bond motifs is 2. The number of hydrogen-bond acceptors (Lipinski definition) is 7. The number of hydrogen-bond donors (Lipinski definition) is 2. The predicted molar refractivity (Wildman–Crippen MR) is 159 cm³/mol. The molecule has 0 radical (unpaired) electrons. The third-order valence-corrected chi connectivity index (χ3v) is 9.24. The first-order valence-electron chi connectivity index (χ1n) is 14.4. The molecule has 1 atom stereocenters. The molecule has 2 aliphatic rings. The van der Waals surface area contributed by atoms with E-state index in [0.29, 0.717) is 58.5 Å². The number of rotatable bonds is 10. The van der Waals surface area contributed by atoms with Crippen molar-refractivity contribution >= 4 is 38.4 Å². The first-order valence-corrected chi connectivity index (χ1v) is 16.3. The van der Waals surface area contributed by atoms with Gasteiger partial charge in [0.05, 0.1) is 24.8 Å². The number of carbonyl (C=O) groups is 1. The van der Waals surface area contributed by atoms with Crippen molar-refractivity contribution in [3.8, 4) is 17.3 Å². The SMILES string of the molecule is COc1cc(C(=O)NC[C@H]2CCCCN2)cc2nc(-c3cc4ccc(N(C(F)F)S(C)(=O)=O)nc4n3CC3CC3)c(C)n12. The molecule has 1 saturated heterocycles. The van der Waals surface area contributed by atoms with E-state index in [1.54, 1.807) is 18.2 Å². The van der Waals surface area contributed by atoms with Crippen molar-refractivity contribution in [1.29, 1.82) is 0 Å². The van der Waals surface area contributed by atoms with E-state index in [1.807, 2.05) is 22.0 Å². The molecule has 11 nitrogen and oxygen atoms in total. The average molecular weight is 616 g/mol. The minimum Gasteiger partial charge on any atom is -0.482 e. The second-order valence-corrected chi connectivity index (χ2v) is 13.2. The van der Waals surface area contributed by atoms with E-state index in [2.05, 4.69) is 15.6 Å². The summed E-state index contributed by atoms with van der Waals surface area (Å²) in [6, 6.07) is 8.42. The zero-order valence-corrected chi connectivity index (χ0v) is 25.1. The number of anilines is 1. The number of ether oxygens (including phenoxy) is 1. The number of amides is 1. The van der Waals surface area contributed by atoms with Crippen molar-refractivity contribution in [2.75, 3.05) is 30.8 Å². The van der Waals surface area contributed by atoms with E-state index < -0.39 is 16.6 Å². The smallest absolute Gasteiger partial charge is 0.329 e. The molecule has 14 heteroatoms. The van der Waals surface area contributed by atoms with Crippen LogP contribution in [0.25, 0.3) is 28.1 Å². The molecule has 5 heterocycles. The number of nitrogens with one attached hydrogen (secondary N) is 2. The maximum atomic E-state index is 13.8. The number of carbonyl (C=O) groups excluding carboxylic acids is 1. The molecule has 0 bridgehead atoms. The molecule has 6 rings (SSSR count). The number of alkyl halides is 2. The highest BCUT2D eigenvalue weighted by atomic mass is 32.2. The van der Waals surface area contributed by atoms with Crippen molar-refractivity contribution < 1.29 is 26.7 Å². The van der Waals surface area contributed by atoms with Crippen molar-refractivity contribution in [1.82, 2.24) is 29.6 Å². The second-order valence-electron chi connectivity index (χ2n) is 11.4. The largest absolute Gasteiger partial charge is 0.482 e. The fourth-order valence-corrected chi connectivity index (χ4v) is 6.54. The molecule has 0 aromatic carbocycles. The van der Waals surface area contributed by atoms with Gasteiger partial charge in [-0.05, 0) is 69.3 Å². The lowest BCUT2D eigenvalue weighted by Gasteiger charge is -2.23. The highest BCUT2D eigenvalue weighted by molar-refractivity contribution is 7.92. The van der Waals surface area contributed by atoms with Gasteiger partial charge in [0.2, 0.25) is 10.0 Å². The molecule has 1 amide bonds. The number of piperidine rings is 1. The van der Waals surface area contributed by atoms with Crippen LogP contribution in [0.15, 0.2) is 30.3 Å². The molecule has 4 aromatic heterocycles. The quantitative estimate of drug-likeness (QED) is 0.259. The third-order valence-electron chi connectivity index (χ3n) is 8.18. The summed E-state index contributed by atoms with van der Waals surface area (Å²) in [7, 11) is -2.73. The van der Waals surface area contributed by atoms with Crippen LogP contribution in [0.2, 0.25) is 0 Å². The number of methoxy groups -OCH3 is 1. The van der Waals surface area contributed by atoms with Crippen LogP contribution < -0.4 is 19.7 Å². The number of aryl methyl sites for hydroxylation is 1. The highest BCUT2D eigenvalue weighted by Crippen LogP contribution is 2.38. The summed E-state index contributed by atoms with van der Waals surface area (Å²) in [5, 5.41) is 7.12. The Morgan fingerprint density at radius 1 is 1.19 bits per heavy atom. The number of halogens is 2. The third kappa shape index (κ3) is 5.77. The van der Waals surface area contributed by atoms with E-state index in [0.717, 1.165) is 50.6 Å². The summed E-state index contributed by atoms with van der Waals surface area (Å²) in [6.45, 7) is 0.684. The van der Waals surface area contributed by atoms with Crippen LogP contribution in [0.5, 0.6) is 5.88 Å². The summed E-state index contributed by atoms with van der Waals surface area (Å²) in [4.78, 5) is 22.4. The summed E-state index contributed by atoms with van der Waals surface area (Å²) >= 11 is 0. The number of pyridine rings is 2. The topological polar surface area (TPSA) is 123 Å². The van der Waals surface area contributed by atoms with Gasteiger partial charge >= 0.3 is 6.55 Å². The molecular weight excluding hydrogens is 580 g/mol. The van der Waals surface area contributed by atoms with Crippen LogP contribution >= 0.6 is 0 Å². The molecule has 1 aliphatic carbocycles. The lowest BCUT2D eigenvalue weighted by Crippen LogP contribution is -2.43. The van der Waals surface area contributed by atoms with Crippen LogP contribution in [-0.2, 0) is 16.6 Å². The maximum Gasteiger partial charge on any atom is 0.329 e. The normalized spacial score (nSPS) is 17.6. The van der Waals surface area contributed by atoms with Crippen LogP contribution in [0.1, 0.15) is 48.2 Å². The van der Waals surface area contributed by atoms with E-state index >= 15 is 0 Å².